The quantitative estimate of drug-likeness (QED) is 0.663. The van der Waals surface area contributed by atoms with Crippen molar-refractivity contribution in [3.05, 3.63) is 33.8 Å². The Balaban J connectivity index is 3.10. The second-order valence-corrected chi connectivity index (χ2v) is 5.60. The van der Waals surface area contributed by atoms with Gasteiger partial charge in [-0.1, -0.05) is 64.8 Å². The van der Waals surface area contributed by atoms with Gasteiger partial charge in [-0.3, -0.25) is 0 Å². The molecule has 0 aliphatic rings. The van der Waals surface area contributed by atoms with Crippen LogP contribution in [0.4, 0.5) is 0 Å². The van der Waals surface area contributed by atoms with Crippen molar-refractivity contribution in [2.24, 2.45) is 0 Å². The van der Waals surface area contributed by atoms with E-state index in [9.17, 15) is 0 Å². The Hall–Kier alpha value is 0.180. The maximum Gasteiger partial charge on any atom is 0.0294 e. The molecule has 2 heteroatoms. The van der Waals surface area contributed by atoms with Gasteiger partial charge in [0, 0.05) is 9.80 Å². The van der Waals surface area contributed by atoms with Gasteiger partial charge in [0.15, 0.2) is 0 Å². The molecule has 72 valence electrons. The first-order chi connectivity index (χ1) is 5.95. The van der Waals surface area contributed by atoms with E-state index in [0.29, 0.717) is 0 Å². The molecule has 1 rings (SSSR count). The molecule has 0 fully saturated rings. The van der Waals surface area contributed by atoms with E-state index >= 15 is 0 Å². The third-order valence-electron chi connectivity index (χ3n) is 2.06. The topological polar surface area (TPSA) is 0 Å². The SMILES string of the molecule is CC(C)(C)c1ccc(CBr)c(Br)c1. The van der Waals surface area contributed by atoms with Crippen molar-refractivity contribution in [3.8, 4) is 0 Å². The molecule has 1 aromatic carbocycles. The summed E-state index contributed by atoms with van der Waals surface area (Å²) in [5, 5.41) is 0.901. The van der Waals surface area contributed by atoms with Crippen LogP contribution in [0.25, 0.3) is 0 Å². The Bertz CT molecular complexity index is 297. The molecule has 0 N–H and O–H groups in total. The summed E-state index contributed by atoms with van der Waals surface area (Å²) in [6.07, 6.45) is 0. The van der Waals surface area contributed by atoms with Crippen LogP contribution in [0.15, 0.2) is 22.7 Å². The first-order valence-corrected chi connectivity index (χ1v) is 6.21. The molecule has 0 saturated heterocycles. The first kappa shape index (κ1) is 11.3. The number of halogens is 2. The van der Waals surface area contributed by atoms with Crippen molar-refractivity contribution in [2.75, 3.05) is 0 Å². The molecular formula is C11H14Br2. The van der Waals surface area contributed by atoms with Crippen LogP contribution in [0.3, 0.4) is 0 Å². The summed E-state index contributed by atoms with van der Waals surface area (Å²) >= 11 is 7.02. The largest absolute Gasteiger partial charge is 0.0876 e. The van der Waals surface area contributed by atoms with Gasteiger partial charge in [0.25, 0.3) is 0 Å². The molecule has 0 aliphatic heterocycles. The maximum absolute atomic E-state index is 3.57. The normalized spacial score (nSPS) is 11.8. The lowest BCUT2D eigenvalue weighted by molar-refractivity contribution is 0.589. The highest BCUT2D eigenvalue weighted by molar-refractivity contribution is 9.10. The highest BCUT2D eigenvalue weighted by Gasteiger charge is 2.14. The number of benzene rings is 1. The molecule has 0 aliphatic carbocycles. The van der Waals surface area contributed by atoms with Crippen LogP contribution >= 0.6 is 31.9 Å². The molecule has 0 unspecified atom stereocenters. The molecule has 0 heterocycles. The summed E-state index contributed by atoms with van der Waals surface area (Å²) in [5.41, 5.74) is 2.89. The third-order valence-corrected chi connectivity index (χ3v) is 3.41. The Labute approximate surface area is 97.0 Å². The van der Waals surface area contributed by atoms with E-state index in [1.165, 1.54) is 15.6 Å². The van der Waals surface area contributed by atoms with Crippen molar-refractivity contribution >= 4 is 31.9 Å². The molecular weight excluding hydrogens is 292 g/mol. The number of hydrogen-bond acceptors (Lipinski definition) is 0. The summed E-state index contributed by atoms with van der Waals surface area (Å²) in [6.45, 7) is 6.67. The minimum absolute atomic E-state index is 0.230. The second kappa shape index (κ2) is 4.14. The molecule has 0 atom stereocenters. The number of alkyl halides is 1. The van der Waals surface area contributed by atoms with Crippen LogP contribution < -0.4 is 0 Å². The van der Waals surface area contributed by atoms with Gasteiger partial charge in [-0.2, -0.15) is 0 Å². The minimum atomic E-state index is 0.230. The minimum Gasteiger partial charge on any atom is -0.0876 e. The predicted molar refractivity (Wildman–Crippen MR) is 65.5 cm³/mol. The lowest BCUT2D eigenvalue weighted by atomic mass is 9.87. The van der Waals surface area contributed by atoms with E-state index < -0.39 is 0 Å². The summed E-state index contributed by atoms with van der Waals surface area (Å²) < 4.78 is 1.19. The summed E-state index contributed by atoms with van der Waals surface area (Å²) in [4.78, 5) is 0. The second-order valence-electron chi connectivity index (χ2n) is 4.19. The van der Waals surface area contributed by atoms with Gasteiger partial charge in [-0.25, -0.2) is 0 Å². The summed E-state index contributed by atoms with van der Waals surface area (Å²) in [6, 6.07) is 6.57. The van der Waals surface area contributed by atoms with E-state index in [1.807, 2.05) is 0 Å². The van der Waals surface area contributed by atoms with Gasteiger partial charge >= 0.3 is 0 Å². The van der Waals surface area contributed by atoms with E-state index in [1.54, 1.807) is 0 Å². The van der Waals surface area contributed by atoms with Gasteiger partial charge in [-0.05, 0) is 22.6 Å². The molecule has 13 heavy (non-hydrogen) atoms. The Morgan fingerprint density at radius 1 is 1.23 bits per heavy atom. The third kappa shape index (κ3) is 2.81. The maximum atomic E-state index is 3.57. The van der Waals surface area contributed by atoms with Crippen LogP contribution in [0, 0.1) is 0 Å². The Kier molecular flexibility index (Phi) is 3.58. The van der Waals surface area contributed by atoms with Crippen molar-refractivity contribution in [1.29, 1.82) is 0 Å². The molecule has 1 aromatic rings. The van der Waals surface area contributed by atoms with E-state index in [4.69, 9.17) is 0 Å². The van der Waals surface area contributed by atoms with Crippen LogP contribution in [0.5, 0.6) is 0 Å². The zero-order valence-corrected chi connectivity index (χ0v) is 11.4. The van der Waals surface area contributed by atoms with Crippen molar-refractivity contribution in [3.63, 3.8) is 0 Å². The molecule has 0 saturated carbocycles. The van der Waals surface area contributed by atoms with Crippen LogP contribution in [-0.2, 0) is 10.7 Å². The Morgan fingerprint density at radius 2 is 1.85 bits per heavy atom. The highest BCUT2D eigenvalue weighted by Crippen LogP contribution is 2.28. The molecule has 0 radical (unpaired) electrons. The summed E-state index contributed by atoms with van der Waals surface area (Å²) in [5.74, 6) is 0. The number of hydrogen-bond donors (Lipinski definition) is 0. The molecule has 0 nitrogen and oxygen atoms in total. The van der Waals surface area contributed by atoms with Crippen LogP contribution in [-0.4, -0.2) is 0 Å². The van der Waals surface area contributed by atoms with Gasteiger partial charge in [0.2, 0.25) is 0 Å². The highest BCUT2D eigenvalue weighted by atomic mass is 79.9. The monoisotopic (exact) mass is 304 g/mol. The number of rotatable bonds is 1. The zero-order chi connectivity index (χ0) is 10.1. The average Bonchev–Trinajstić information content (AvgIpc) is 2.02. The van der Waals surface area contributed by atoms with Gasteiger partial charge in [-0.15, -0.1) is 0 Å². The van der Waals surface area contributed by atoms with Crippen molar-refractivity contribution in [2.45, 2.75) is 31.5 Å². The lowest BCUT2D eigenvalue weighted by Crippen LogP contribution is -2.10. The van der Waals surface area contributed by atoms with Gasteiger partial charge in [0.1, 0.15) is 0 Å². The van der Waals surface area contributed by atoms with Crippen LogP contribution in [0.1, 0.15) is 31.9 Å². The summed E-state index contributed by atoms with van der Waals surface area (Å²) in [7, 11) is 0. The van der Waals surface area contributed by atoms with E-state index in [-0.39, 0.29) is 5.41 Å². The molecule has 0 spiro atoms. The standard InChI is InChI=1S/C11H14Br2/c1-11(2,3)9-5-4-8(7-12)10(13)6-9/h4-6H,7H2,1-3H3. The zero-order valence-electron chi connectivity index (χ0n) is 8.20. The van der Waals surface area contributed by atoms with Crippen molar-refractivity contribution in [1.82, 2.24) is 0 Å². The predicted octanol–water partition coefficient (Wildman–Crippen LogP) is 4.64. The first-order valence-electron chi connectivity index (χ1n) is 4.30. The van der Waals surface area contributed by atoms with Gasteiger partial charge in [0.05, 0.1) is 0 Å². The molecule has 0 bridgehead atoms. The molecule has 0 amide bonds. The lowest BCUT2D eigenvalue weighted by Gasteiger charge is -2.19. The molecule has 0 aromatic heterocycles. The fourth-order valence-corrected chi connectivity index (χ4v) is 2.51. The average molecular weight is 306 g/mol. The van der Waals surface area contributed by atoms with Crippen molar-refractivity contribution < 1.29 is 0 Å². The smallest absolute Gasteiger partial charge is 0.0294 e. The van der Waals surface area contributed by atoms with E-state index in [0.717, 1.165) is 5.33 Å². The van der Waals surface area contributed by atoms with E-state index in [2.05, 4.69) is 70.8 Å². The fourth-order valence-electron chi connectivity index (χ4n) is 1.12. The van der Waals surface area contributed by atoms with Crippen LogP contribution in [0.2, 0.25) is 0 Å². The Morgan fingerprint density at radius 3 is 2.23 bits per heavy atom. The van der Waals surface area contributed by atoms with Gasteiger partial charge < -0.3 is 0 Å². The fraction of sp³-hybridized carbons (Fsp3) is 0.455.